The first-order valence-corrected chi connectivity index (χ1v) is 7.69. The minimum atomic E-state index is -0.911. The van der Waals surface area contributed by atoms with Crippen LogP contribution in [-0.2, 0) is 0 Å². The van der Waals surface area contributed by atoms with Gasteiger partial charge in [0.05, 0.1) is 5.69 Å². The van der Waals surface area contributed by atoms with Crippen molar-refractivity contribution in [3.8, 4) is 21.3 Å². The Balaban J connectivity index is 1.86. The predicted molar refractivity (Wildman–Crippen MR) is 77.7 cm³/mol. The van der Waals surface area contributed by atoms with E-state index in [9.17, 15) is 8.78 Å². The third-order valence-corrected chi connectivity index (χ3v) is 4.78. The van der Waals surface area contributed by atoms with Gasteiger partial charge >= 0.3 is 0 Å². The van der Waals surface area contributed by atoms with E-state index in [1.165, 1.54) is 28.9 Å². The molecular weight excluding hydrogens is 330 g/mol. The third kappa shape index (κ3) is 1.99. The molecule has 0 spiro atoms. The van der Waals surface area contributed by atoms with E-state index in [1.54, 1.807) is 4.52 Å². The fourth-order valence-electron chi connectivity index (χ4n) is 1.94. The molecule has 0 bridgehead atoms. The molecule has 110 valence electrons. The predicted octanol–water partition coefficient (Wildman–Crippen LogP) is 2.96. The SMILES string of the molecule is Cc1nnsc1-c1nnc2sc(-c3ccc(F)c(F)c3)nn12. The maximum absolute atomic E-state index is 13.4. The second kappa shape index (κ2) is 4.85. The molecule has 0 aliphatic rings. The van der Waals surface area contributed by atoms with E-state index < -0.39 is 11.6 Å². The molecule has 4 rings (SSSR count). The zero-order valence-corrected chi connectivity index (χ0v) is 12.6. The maximum Gasteiger partial charge on any atom is 0.235 e. The van der Waals surface area contributed by atoms with Crippen molar-refractivity contribution in [2.45, 2.75) is 6.92 Å². The number of nitrogens with zero attached hydrogens (tertiary/aromatic N) is 6. The molecular formula is C12H6F2N6S2. The number of halogens is 2. The van der Waals surface area contributed by atoms with E-state index in [0.717, 1.165) is 22.7 Å². The van der Waals surface area contributed by atoms with Crippen molar-refractivity contribution in [3.63, 3.8) is 0 Å². The summed E-state index contributed by atoms with van der Waals surface area (Å²) in [7, 11) is 0. The Morgan fingerprint density at radius 1 is 1.09 bits per heavy atom. The Labute approximate surface area is 130 Å². The van der Waals surface area contributed by atoms with Crippen LogP contribution in [0.15, 0.2) is 18.2 Å². The van der Waals surface area contributed by atoms with Gasteiger partial charge in [0.25, 0.3) is 0 Å². The van der Waals surface area contributed by atoms with Crippen LogP contribution in [0.5, 0.6) is 0 Å². The largest absolute Gasteiger partial charge is 0.235 e. The van der Waals surface area contributed by atoms with Gasteiger partial charge in [0.1, 0.15) is 9.88 Å². The summed E-state index contributed by atoms with van der Waals surface area (Å²) in [5.41, 5.74) is 1.22. The average Bonchev–Trinajstić information content (AvgIpc) is 3.17. The van der Waals surface area contributed by atoms with E-state index in [0.29, 0.717) is 21.4 Å². The number of fused-ring (bicyclic) bond motifs is 1. The van der Waals surface area contributed by atoms with E-state index in [1.807, 2.05) is 6.92 Å². The Hall–Kier alpha value is -2.33. The first kappa shape index (κ1) is 13.3. The molecule has 22 heavy (non-hydrogen) atoms. The monoisotopic (exact) mass is 336 g/mol. The molecule has 0 atom stereocenters. The highest BCUT2D eigenvalue weighted by Crippen LogP contribution is 2.30. The number of hydrogen-bond acceptors (Lipinski definition) is 7. The van der Waals surface area contributed by atoms with Crippen molar-refractivity contribution in [3.05, 3.63) is 35.5 Å². The fraction of sp³-hybridized carbons (Fsp3) is 0.0833. The fourth-order valence-corrected chi connectivity index (χ4v) is 3.40. The zero-order valence-electron chi connectivity index (χ0n) is 11.0. The first-order chi connectivity index (χ1) is 10.6. The molecule has 4 aromatic rings. The molecule has 1 aromatic carbocycles. The van der Waals surface area contributed by atoms with Crippen LogP contribution in [0.3, 0.4) is 0 Å². The van der Waals surface area contributed by atoms with Crippen LogP contribution in [0.25, 0.3) is 26.2 Å². The molecule has 0 fully saturated rings. The molecule has 0 N–H and O–H groups in total. The number of benzene rings is 1. The molecule has 0 unspecified atom stereocenters. The summed E-state index contributed by atoms with van der Waals surface area (Å²) in [4.78, 5) is 1.33. The van der Waals surface area contributed by atoms with Crippen LogP contribution in [0.1, 0.15) is 5.69 Å². The van der Waals surface area contributed by atoms with E-state index in [-0.39, 0.29) is 0 Å². The van der Waals surface area contributed by atoms with Gasteiger partial charge in [-0.05, 0) is 36.7 Å². The topological polar surface area (TPSA) is 68.9 Å². The van der Waals surface area contributed by atoms with Gasteiger partial charge in [-0.15, -0.1) is 15.3 Å². The number of hydrogen-bond donors (Lipinski definition) is 0. The summed E-state index contributed by atoms with van der Waals surface area (Å²) in [5, 5.41) is 17.0. The van der Waals surface area contributed by atoms with Crippen LogP contribution in [0, 0.1) is 18.6 Å². The van der Waals surface area contributed by atoms with E-state index >= 15 is 0 Å². The van der Waals surface area contributed by atoms with Crippen LogP contribution in [0.4, 0.5) is 8.78 Å². The molecule has 0 aliphatic heterocycles. The normalized spacial score (nSPS) is 11.4. The van der Waals surface area contributed by atoms with Crippen molar-refractivity contribution in [1.82, 2.24) is 29.4 Å². The molecule has 0 saturated carbocycles. The van der Waals surface area contributed by atoms with Crippen molar-refractivity contribution < 1.29 is 8.78 Å². The standard InChI is InChI=1S/C12H6F2N6S2/c1-5-9(22-19-15-5)10-16-17-12-20(10)18-11(21-12)6-2-3-7(13)8(14)4-6/h2-4H,1H3. The van der Waals surface area contributed by atoms with Crippen molar-refractivity contribution in [2.75, 3.05) is 0 Å². The molecule has 0 saturated heterocycles. The molecule has 0 amide bonds. The lowest BCUT2D eigenvalue weighted by molar-refractivity contribution is 0.509. The van der Waals surface area contributed by atoms with Crippen LogP contribution >= 0.6 is 22.9 Å². The minimum Gasteiger partial charge on any atom is -0.204 e. The zero-order chi connectivity index (χ0) is 15.3. The van der Waals surface area contributed by atoms with Crippen molar-refractivity contribution in [1.29, 1.82) is 0 Å². The lowest BCUT2D eigenvalue weighted by atomic mass is 10.2. The lowest BCUT2D eigenvalue weighted by Crippen LogP contribution is -1.91. The molecule has 0 radical (unpaired) electrons. The minimum absolute atomic E-state index is 0.486. The van der Waals surface area contributed by atoms with Crippen LogP contribution in [0.2, 0.25) is 0 Å². The van der Waals surface area contributed by atoms with Gasteiger partial charge in [0, 0.05) is 5.56 Å². The maximum atomic E-state index is 13.4. The number of rotatable bonds is 2. The summed E-state index contributed by atoms with van der Waals surface area (Å²) < 4.78 is 31.8. The highest BCUT2D eigenvalue weighted by Gasteiger charge is 2.18. The van der Waals surface area contributed by atoms with Crippen molar-refractivity contribution in [2.24, 2.45) is 0 Å². The highest BCUT2D eigenvalue weighted by molar-refractivity contribution is 7.19. The number of aromatic nitrogens is 6. The van der Waals surface area contributed by atoms with Gasteiger partial charge in [-0.1, -0.05) is 15.8 Å². The van der Waals surface area contributed by atoms with Gasteiger partial charge < -0.3 is 0 Å². The van der Waals surface area contributed by atoms with Gasteiger partial charge in [0.15, 0.2) is 17.5 Å². The summed E-state index contributed by atoms with van der Waals surface area (Å²) in [6, 6.07) is 3.66. The van der Waals surface area contributed by atoms with Crippen molar-refractivity contribution >= 4 is 27.8 Å². The van der Waals surface area contributed by atoms with E-state index in [2.05, 4.69) is 24.9 Å². The Bertz CT molecular complexity index is 989. The van der Waals surface area contributed by atoms with Gasteiger partial charge in [0.2, 0.25) is 4.96 Å². The van der Waals surface area contributed by atoms with Gasteiger partial charge in [-0.25, -0.2) is 8.78 Å². The Morgan fingerprint density at radius 3 is 2.68 bits per heavy atom. The van der Waals surface area contributed by atoms with Crippen LogP contribution in [-0.4, -0.2) is 29.4 Å². The lowest BCUT2D eigenvalue weighted by Gasteiger charge is -1.97. The highest BCUT2D eigenvalue weighted by atomic mass is 32.1. The summed E-state index contributed by atoms with van der Waals surface area (Å²) in [6.45, 7) is 1.82. The van der Waals surface area contributed by atoms with Crippen LogP contribution < -0.4 is 0 Å². The first-order valence-electron chi connectivity index (χ1n) is 6.10. The number of aryl methyl sites for hydroxylation is 1. The second-order valence-electron chi connectivity index (χ2n) is 4.44. The quantitative estimate of drug-likeness (QED) is 0.563. The third-order valence-electron chi connectivity index (χ3n) is 3.01. The van der Waals surface area contributed by atoms with Gasteiger partial charge in [-0.3, -0.25) is 0 Å². The Kier molecular flexibility index (Phi) is 2.94. The molecule has 3 heterocycles. The van der Waals surface area contributed by atoms with E-state index in [4.69, 9.17) is 0 Å². The van der Waals surface area contributed by atoms with Gasteiger partial charge in [-0.2, -0.15) is 9.61 Å². The Morgan fingerprint density at radius 2 is 1.95 bits per heavy atom. The summed E-state index contributed by atoms with van der Waals surface area (Å²) in [5.74, 6) is -1.27. The summed E-state index contributed by atoms with van der Waals surface area (Å²) in [6.07, 6.45) is 0. The molecule has 0 aliphatic carbocycles. The average molecular weight is 336 g/mol. The molecule has 6 nitrogen and oxygen atoms in total. The summed E-state index contributed by atoms with van der Waals surface area (Å²) >= 11 is 2.44. The smallest absolute Gasteiger partial charge is 0.204 e. The second-order valence-corrected chi connectivity index (χ2v) is 6.15. The molecule has 3 aromatic heterocycles. The molecule has 10 heteroatoms.